The topological polar surface area (TPSA) is 58.9 Å². The van der Waals surface area contributed by atoms with Crippen molar-refractivity contribution in [1.29, 1.82) is 0 Å². The first-order chi connectivity index (χ1) is 7.50. The second-order valence-corrected chi connectivity index (χ2v) is 3.83. The monoisotopic (exact) mass is 289 g/mol. The third-order valence-corrected chi connectivity index (χ3v) is 2.33. The lowest BCUT2D eigenvalue weighted by molar-refractivity contribution is -0.142. The molecule has 6 heteroatoms. The van der Waals surface area contributed by atoms with Crippen molar-refractivity contribution in [2.45, 2.75) is 6.92 Å². The summed E-state index contributed by atoms with van der Waals surface area (Å²) in [6, 6.07) is 4.36. The fraction of sp³-hybridized carbons (Fsp3) is 0.200. The van der Waals surface area contributed by atoms with E-state index >= 15 is 0 Å². The summed E-state index contributed by atoms with van der Waals surface area (Å²) < 4.78 is 13.2. The molecule has 0 radical (unpaired) electrons. The Labute approximate surface area is 99.8 Å². The molecule has 0 aromatic heterocycles. The van der Waals surface area contributed by atoms with Gasteiger partial charge in [-0.25, -0.2) is 9.18 Å². The Bertz CT molecular complexity index is 434. The lowest BCUT2D eigenvalue weighted by Crippen LogP contribution is -2.05. The van der Waals surface area contributed by atoms with Gasteiger partial charge in [-0.05, 0) is 35.0 Å². The van der Waals surface area contributed by atoms with E-state index in [-0.39, 0.29) is 5.82 Å². The zero-order valence-electron chi connectivity index (χ0n) is 8.41. The van der Waals surface area contributed by atoms with Crippen molar-refractivity contribution in [3.8, 4) is 0 Å². The highest BCUT2D eigenvalue weighted by molar-refractivity contribution is 9.10. The molecule has 0 saturated carbocycles. The van der Waals surface area contributed by atoms with Crippen molar-refractivity contribution >= 4 is 27.6 Å². The van der Waals surface area contributed by atoms with Gasteiger partial charge in [0.1, 0.15) is 5.82 Å². The summed E-state index contributed by atoms with van der Waals surface area (Å²) in [4.78, 5) is 14.7. The van der Waals surface area contributed by atoms with E-state index in [2.05, 4.69) is 25.9 Å². The van der Waals surface area contributed by atoms with E-state index in [9.17, 15) is 9.18 Å². The van der Waals surface area contributed by atoms with E-state index in [4.69, 9.17) is 5.11 Å². The number of halogens is 2. The van der Waals surface area contributed by atoms with Crippen molar-refractivity contribution in [2.24, 2.45) is 5.16 Å². The zero-order chi connectivity index (χ0) is 12.1. The number of aliphatic carboxylic acids is 1. The van der Waals surface area contributed by atoms with Gasteiger partial charge in [0.25, 0.3) is 0 Å². The maximum absolute atomic E-state index is 12.9. The number of benzene rings is 1. The van der Waals surface area contributed by atoms with Gasteiger partial charge in [-0.2, -0.15) is 0 Å². The predicted octanol–water partition coefficient (Wildman–Crippen LogP) is 2.41. The molecule has 0 aliphatic rings. The number of hydrogen-bond donors (Lipinski definition) is 1. The molecule has 16 heavy (non-hydrogen) atoms. The number of carbonyl (C=O) groups is 1. The van der Waals surface area contributed by atoms with Crippen molar-refractivity contribution in [3.05, 3.63) is 34.1 Å². The third kappa shape index (κ3) is 3.62. The highest BCUT2D eigenvalue weighted by atomic mass is 79.9. The summed E-state index contributed by atoms with van der Waals surface area (Å²) in [5.41, 5.74) is 1.13. The Morgan fingerprint density at radius 1 is 1.62 bits per heavy atom. The lowest BCUT2D eigenvalue weighted by atomic mass is 10.1. The summed E-state index contributed by atoms with van der Waals surface area (Å²) in [7, 11) is 0. The average Bonchev–Trinajstić information content (AvgIpc) is 2.21. The molecule has 4 nitrogen and oxygen atoms in total. The van der Waals surface area contributed by atoms with Gasteiger partial charge in [0.05, 0.1) is 10.2 Å². The van der Waals surface area contributed by atoms with E-state index in [0.29, 0.717) is 15.7 Å². The highest BCUT2D eigenvalue weighted by Gasteiger charge is 2.03. The average molecular weight is 290 g/mol. The molecule has 0 saturated heterocycles. The molecule has 0 aliphatic carbocycles. The molecule has 0 aliphatic heterocycles. The number of nitrogens with zero attached hydrogens (tertiary/aromatic N) is 1. The Morgan fingerprint density at radius 3 is 2.88 bits per heavy atom. The second kappa shape index (κ2) is 5.60. The standard InChI is InChI=1S/C10H9BrFNO3/c1-6(13-16-5-10(14)15)7-2-3-9(12)8(11)4-7/h2-4H,5H2,1H3,(H,14,15). The van der Waals surface area contributed by atoms with Crippen LogP contribution in [0.5, 0.6) is 0 Å². The Morgan fingerprint density at radius 2 is 2.31 bits per heavy atom. The second-order valence-electron chi connectivity index (χ2n) is 2.97. The summed E-state index contributed by atoms with van der Waals surface area (Å²) in [5, 5.41) is 11.9. The predicted molar refractivity (Wildman–Crippen MR) is 59.9 cm³/mol. The summed E-state index contributed by atoms with van der Waals surface area (Å²) in [6.45, 7) is 1.14. The number of carboxylic acids is 1. The number of rotatable bonds is 4. The largest absolute Gasteiger partial charge is 0.479 e. The number of carboxylic acid groups (broad SMARTS) is 1. The summed E-state index contributed by atoms with van der Waals surface area (Å²) in [6.07, 6.45) is 0. The first-order valence-electron chi connectivity index (χ1n) is 4.34. The van der Waals surface area contributed by atoms with Gasteiger partial charge in [0.15, 0.2) is 0 Å². The van der Waals surface area contributed by atoms with Crippen LogP contribution in [0.3, 0.4) is 0 Å². The van der Waals surface area contributed by atoms with E-state index in [0.717, 1.165) is 0 Å². The first-order valence-corrected chi connectivity index (χ1v) is 5.14. The van der Waals surface area contributed by atoms with E-state index in [1.807, 2.05) is 0 Å². The molecular formula is C10H9BrFNO3. The molecule has 86 valence electrons. The van der Waals surface area contributed by atoms with Crippen molar-refractivity contribution in [2.75, 3.05) is 6.61 Å². The Kier molecular flexibility index (Phi) is 4.42. The van der Waals surface area contributed by atoms with Crippen LogP contribution in [-0.4, -0.2) is 23.4 Å². The minimum atomic E-state index is -1.10. The summed E-state index contributed by atoms with van der Waals surface area (Å²) >= 11 is 3.04. The van der Waals surface area contributed by atoms with E-state index in [1.54, 1.807) is 6.92 Å². The van der Waals surface area contributed by atoms with Crippen LogP contribution >= 0.6 is 15.9 Å². The molecule has 0 spiro atoms. The highest BCUT2D eigenvalue weighted by Crippen LogP contribution is 2.17. The molecule has 0 amide bonds. The molecule has 0 unspecified atom stereocenters. The quantitative estimate of drug-likeness (QED) is 0.684. The van der Waals surface area contributed by atoms with Crippen LogP contribution in [0.2, 0.25) is 0 Å². The Hall–Kier alpha value is -1.43. The van der Waals surface area contributed by atoms with Crippen LogP contribution in [-0.2, 0) is 9.63 Å². The lowest BCUT2D eigenvalue weighted by Gasteiger charge is -2.02. The normalized spacial score (nSPS) is 11.3. The maximum atomic E-state index is 12.9. The smallest absolute Gasteiger partial charge is 0.344 e. The van der Waals surface area contributed by atoms with Gasteiger partial charge >= 0.3 is 5.97 Å². The van der Waals surface area contributed by atoms with Gasteiger partial charge in [0.2, 0.25) is 6.61 Å². The van der Waals surface area contributed by atoms with Crippen LogP contribution in [0.25, 0.3) is 0 Å². The van der Waals surface area contributed by atoms with Gasteiger partial charge in [0, 0.05) is 5.56 Å². The number of hydrogen-bond acceptors (Lipinski definition) is 3. The molecule has 1 rings (SSSR count). The van der Waals surface area contributed by atoms with Crippen molar-refractivity contribution < 1.29 is 19.1 Å². The molecule has 1 N–H and O–H groups in total. The van der Waals surface area contributed by atoms with Crippen molar-refractivity contribution in [1.82, 2.24) is 0 Å². The fourth-order valence-electron chi connectivity index (χ4n) is 0.958. The van der Waals surface area contributed by atoms with Crippen molar-refractivity contribution in [3.63, 3.8) is 0 Å². The molecule has 1 aromatic rings. The van der Waals surface area contributed by atoms with Gasteiger partial charge in [-0.15, -0.1) is 0 Å². The molecule has 0 fully saturated rings. The molecule has 1 aromatic carbocycles. The first kappa shape index (κ1) is 12.6. The van der Waals surface area contributed by atoms with Crippen LogP contribution in [0.1, 0.15) is 12.5 Å². The minimum Gasteiger partial charge on any atom is -0.479 e. The molecule has 0 atom stereocenters. The van der Waals surface area contributed by atoms with Crippen LogP contribution in [0.15, 0.2) is 27.8 Å². The molecule has 0 heterocycles. The Balaban J connectivity index is 2.75. The maximum Gasteiger partial charge on any atom is 0.344 e. The third-order valence-electron chi connectivity index (χ3n) is 1.73. The molecule has 0 bridgehead atoms. The van der Waals surface area contributed by atoms with Gasteiger partial charge < -0.3 is 9.94 Å². The fourth-order valence-corrected chi connectivity index (χ4v) is 1.34. The van der Waals surface area contributed by atoms with Crippen LogP contribution in [0, 0.1) is 5.82 Å². The van der Waals surface area contributed by atoms with Crippen LogP contribution < -0.4 is 0 Å². The summed E-state index contributed by atoms with van der Waals surface area (Å²) in [5.74, 6) is -1.47. The minimum absolute atomic E-state index is 0.317. The van der Waals surface area contributed by atoms with Gasteiger partial charge in [-0.3, -0.25) is 0 Å². The number of oxime groups is 1. The van der Waals surface area contributed by atoms with E-state index < -0.39 is 12.6 Å². The molecular weight excluding hydrogens is 281 g/mol. The van der Waals surface area contributed by atoms with Gasteiger partial charge in [-0.1, -0.05) is 11.2 Å². The van der Waals surface area contributed by atoms with E-state index in [1.165, 1.54) is 18.2 Å². The van der Waals surface area contributed by atoms with Crippen LogP contribution in [0.4, 0.5) is 4.39 Å². The SMILES string of the molecule is CC(=NOCC(=O)O)c1ccc(F)c(Br)c1. The zero-order valence-corrected chi connectivity index (χ0v) is 9.99.